The summed E-state index contributed by atoms with van der Waals surface area (Å²) < 4.78 is 16.1. The zero-order valence-electron chi connectivity index (χ0n) is 16.2. The molecule has 0 spiro atoms. The summed E-state index contributed by atoms with van der Waals surface area (Å²) in [7, 11) is 4.70. The molecule has 6 nitrogen and oxygen atoms in total. The number of anilines is 1. The zero-order valence-corrected chi connectivity index (χ0v) is 16.2. The first-order valence-electron chi connectivity index (χ1n) is 9.23. The third-order valence-corrected chi connectivity index (χ3v) is 5.43. The van der Waals surface area contributed by atoms with Crippen LogP contribution in [0.4, 0.5) is 5.69 Å². The lowest BCUT2D eigenvalue weighted by atomic mass is 9.75. The van der Waals surface area contributed by atoms with Crippen molar-refractivity contribution in [3.05, 3.63) is 52.7 Å². The maximum atomic E-state index is 12.9. The normalized spacial score (nSPS) is 18.1. The van der Waals surface area contributed by atoms with Gasteiger partial charge in [-0.2, -0.15) is 0 Å². The first-order chi connectivity index (χ1) is 13.6. The Morgan fingerprint density at radius 2 is 1.68 bits per heavy atom. The van der Waals surface area contributed by atoms with Crippen LogP contribution >= 0.6 is 0 Å². The van der Waals surface area contributed by atoms with Crippen LogP contribution in [-0.4, -0.2) is 32.2 Å². The van der Waals surface area contributed by atoms with Gasteiger partial charge in [0.25, 0.3) is 0 Å². The zero-order chi connectivity index (χ0) is 19.8. The minimum absolute atomic E-state index is 0.0472. The standard InChI is InChI=1S/C22H23NO5/c1-26-18-8-7-12(9-17(18)25)21-13-10-19(27-2)20(28-3)11-15(13)23-14-5-4-6-16(24)22(14)21/h7-11,21,23,25H,4-6H2,1-3H3/t21-/m0/s1. The smallest absolute Gasteiger partial charge is 0.162 e. The van der Waals surface area contributed by atoms with E-state index in [1.165, 1.54) is 7.11 Å². The molecule has 0 radical (unpaired) electrons. The Labute approximate surface area is 163 Å². The molecule has 0 saturated carbocycles. The molecule has 4 rings (SSSR count). The average molecular weight is 381 g/mol. The number of hydrogen-bond acceptors (Lipinski definition) is 6. The van der Waals surface area contributed by atoms with Crippen LogP contribution < -0.4 is 19.5 Å². The molecule has 0 amide bonds. The number of phenols is 1. The van der Waals surface area contributed by atoms with Gasteiger partial charge in [-0.1, -0.05) is 6.07 Å². The minimum atomic E-state index is -0.296. The third kappa shape index (κ3) is 2.85. The topological polar surface area (TPSA) is 77.0 Å². The average Bonchev–Trinajstić information content (AvgIpc) is 2.71. The van der Waals surface area contributed by atoms with Gasteiger partial charge in [-0.05, 0) is 42.2 Å². The maximum absolute atomic E-state index is 12.9. The second kappa shape index (κ2) is 7.11. The summed E-state index contributed by atoms with van der Waals surface area (Å²) in [6.07, 6.45) is 2.17. The second-order valence-electron chi connectivity index (χ2n) is 6.95. The van der Waals surface area contributed by atoms with E-state index in [2.05, 4.69) is 5.32 Å². The van der Waals surface area contributed by atoms with Crippen molar-refractivity contribution in [2.45, 2.75) is 25.2 Å². The molecule has 28 heavy (non-hydrogen) atoms. The lowest BCUT2D eigenvalue weighted by Gasteiger charge is -2.34. The van der Waals surface area contributed by atoms with Crippen molar-refractivity contribution in [3.8, 4) is 23.0 Å². The first-order valence-corrected chi connectivity index (χ1v) is 9.23. The highest BCUT2D eigenvalue weighted by Gasteiger charge is 2.36. The Hall–Kier alpha value is -3.15. The van der Waals surface area contributed by atoms with Gasteiger partial charge in [0.15, 0.2) is 28.8 Å². The van der Waals surface area contributed by atoms with E-state index < -0.39 is 0 Å². The fourth-order valence-electron chi connectivity index (χ4n) is 4.12. The fraction of sp³-hybridized carbons (Fsp3) is 0.318. The van der Waals surface area contributed by atoms with Gasteiger partial charge in [0.2, 0.25) is 0 Å². The molecule has 2 aromatic carbocycles. The molecule has 1 aliphatic carbocycles. The minimum Gasteiger partial charge on any atom is -0.504 e. The van der Waals surface area contributed by atoms with Gasteiger partial charge in [0.1, 0.15) is 0 Å². The molecule has 0 aromatic heterocycles. The largest absolute Gasteiger partial charge is 0.504 e. The van der Waals surface area contributed by atoms with Gasteiger partial charge in [0, 0.05) is 35.4 Å². The quantitative estimate of drug-likeness (QED) is 0.834. The number of benzene rings is 2. The van der Waals surface area contributed by atoms with Crippen LogP contribution in [0, 0.1) is 0 Å². The second-order valence-corrected chi connectivity index (χ2v) is 6.95. The predicted octanol–water partition coefficient (Wildman–Crippen LogP) is 3.98. The van der Waals surface area contributed by atoms with Crippen molar-refractivity contribution in [1.29, 1.82) is 0 Å². The lowest BCUT2D eigenvalue weighted by Crippen LogP contribution is -2.27. The van der Waals surface area contributed by atoms with Crippen molar-refractivity contribution < 1.29 is 24.1 Å². The van der Waals surface area contributed by atoms with E-state index in [4.69, 9.17) is 14.2 Å². The summed E-state index contributed by atoms with van der Waals surface area (Å²) in [5.41, 5.74) is 4.32. The van der Waals surface area contributed by atoms with Gasteiger partial charge < -0.3 is 24.6 Å². The third-order valence-electron chi connectivity index (χ3n) is 5.43. The summed E-state index contributed by atoms with van der Waals surface area (Å²) in [6, 6.07) is 9.08. The lowest BCUT2D eigenvalue weighted by molar-refractivity contribution is -0.116. The molecule has 1 atom stereocenters. The Bertz CT molecular complexity index is 979. The molecule has 2 N–H and O–H groups in total. The first kappa shape index (κ1) is 18.2. The fourth-order valence-corrected chi connectivity index (χ4v) is 4.12. The molecule has 0 saturated heterocycles. The molecular weight excluding hydrogens is 358 g/mol. The number of nitrogens with one attached hydrogen (secondary N) is 1. The SMILES string of the molecule is COc1ccc([C@@H]2C3=C(CCCC3=O)Nc3cc(OC)c(OC)cc32)cc1O. The number of fused-ring (bicyclic) bond motifs is 1. The van der Waals surface area contributed by atoms with Crippen LogP contribution in [0.2, 0.25) is 0 Å². The molecular formula is C22H23NO5. The molecule has 146 valence electrons. The number of phenolic OH excluding ortho intramolecular Hbond substituents is 1. The Kier molecular flexibility index (Phi) is 4.63. The van der Waals surface area contributed by atoms with Crippen LogP contribution in [-0.2, 0) is 4.79 Å². The monoisotopic (exact) mass is 381 g/mol. The summed E-state index contributed by atoms with van der Waals surface area (Å²) >= 11 is 0. The number of allylic oxidation sites excluding steroid dienone is 2. The number of carbonyl (C=O) groups is 1. The van der Waals surface area contributed by atoms with Gasteiger partial charge >= 0.3 is 0 Å². The van der Waals surface area contributed by atoms with E-state index in [1.54, 1.807) is 26.4 Å². The van der Waals surface area contributed by atoms with Crippen molar-refractivity contribution in [1.82, 2.24) is 0 Å². The van der Waals surface area contributed by atoms with Crippen molar-refractivity contribution in [3.63, 3.8) is 0 Å². The predicted molar refractivity (Wildman–Crippen MR) is 106 cm³/mol. The van der Waals surface area contributed by atoms with E-state index in [0.29, 0.717) is 23.7 Å². The van der Waals surface area contributed by atoms with E-state index in [1.807, 2.05) is 18.2 Å². The van der Waals surface area contributed by atoms with Crippen molar-refractivity contribution in [2.75, 3.05) is 26.6 Å². The van der Waals surface area contributed by atoms with Crippen molar-refractivity contribution >= 4 is 11.5 Å². The molecule has 0 fully saturated rings. The summed E-state index contributed by atoms with van der Waals surface area (Å²) in [5.74, 6) is 1.50. The Morgan fingerprint density at radius 3 is 2.36 bits per heavy atom. The van der Waals surface area contributed by atoms with Crippen molar-refractivity contribution in [2.24, 2.45) is 0 Å². The molecule has 2 aliphatic rings. The molecule has 6 heteroatoms. The van der Waals surface area contributed by atoms with E-state index >= 15 is 0 Å². The number of ketones is 1. The summed E-state index contributed by atoms with van der Waals surface area (Å²) in [4.78, 5) is 12.9. The van der Waals surface area contributed by atoms with E-state index in [9.17, 15) is 9.90 Å². The number of rotatable bonds is 4. The van der Waals surface area contributed by atoms with Gasteiger partial charge in [-0.15, -0.1) is 0 Å². The number of Topliss-reactive ketones (excluding diaryl/α,β-unsaturated/α-hetero) is 1. The number of aromatic hydroxyl groups is 1. The highest BCUT2D eigenvalue weighted by molar-refractivity contribution is 6.01. The summed E-state index contributed by atoms with van der Waals surface area (Å²) in [6.45, 7) is 0. The number of ether oxygens (including phenoxy) is 3. The van der Waals surface area contributed by atoms with Crippen LogP contribution in [0.25, 0.3) is 0 Å². The van der Waals surface area contributed by atoms with Gasteiger partial charge in [-0.3, -0.25) is 4.79 Å². The summed E-state index contributed by atoms with van der Waals surface area (Å²) in [5, 5.41) is 13.8. The van der Waals surface area contributed by atoms with Crippen LogP contribution in [0.5, 0.6) is 23.0 Å². The van der Waals surface area contributed by atoms with Crippen LogP contribution in [0.15, 0.2) is 41.6 Å². The molecule has 1 heterocycles. The highest BCUT2D eigenvalue weighted by atomic mass is 16.5. The molecule has 2 aromatic rings. The number of methoxy groups -OCH3 is 3. The van der Waals surface area contributed by atoms with Crippen LogP contribution in [0.1, 0.15) is 36.3 Å². The molecule has 0 unspecified atom stereocenters. The van der Waals surface area contributed by atoms with Crippen LogP contribution in [0.3, 0.4) is 0 Å². The Balaban J connectivity index is 1.94. The van der Waals surface area contributed by atoms with Gasteiger partial charge in [0.05, 0.1) is 21.3 Å². The number of hydrogen-bond donors (Lipinski definition) is 2. The maximum Gasteiger partial charge on any atom is 0.162 e. The van der Waals surface area contributed by atoms with Gasteiger partial charge in [-0.25, -0.2) is 0 Å². The van der Waals surface area contributed by atoms with E-state index in [-0.39, 0.29) is 17.5 Å². The van der Waals surface area contributed by atoms with E-state index in [0.717, 1.165) is 40.9 Å². The Morgan fingerprint density at radius 1 is 0.964 bits per heavy atom. The highest BCUT2D eigenvalue weighted by Crippen LogP contribution is 2.49. The molecule has 0 bridgehead atoms. The molecule has 1 aliphatic heterocycles. The number of carbonyl (C=O) groups excluding carboxylic acids is 1.